The Balaban J connectivity index is 1.01. The molecule has 0 radical (unpaired) electrons. The number of rotatable bonds is 5. The zero-order valence-corrected chi connectivity index (χ0v) is 35.7. The molecule has 0 unspecified atom stereocenters. The van der Waals surface area contributed by atoms with Crippen molar-refractivity contribution in [2.24, 2.45) is 0 Å². The minimum Gasteiger partial charge on any atom is -0.459 e. The van der Waals surface area contributed by atoms with Gasteiger partial charge in [0.05, 0.1) is 22.1 Å². The van der Waals surface area contributed by atoms with E-state index in [-0.39, 0.29) is 13.4 Å². The molecule has 2 aliphatic rings. The van der Waals surface area contributed by atoms with Crippen LogP contribution in [0.4, 0.5) is 0 Å². The van der Waals surface area contributed by atoms with Crippen LogP contribution in [0.25, 0.3) is 66.4 Å². The van der Waals surface area contributed by atoms with E-state index in [4.69, 9.17) is 14.5 Å². The number of fused-ring (bicyclic) bond motifs is 11. The van der Waals surface area contributed by atoms with Gasteiger partial charge in [0, 0.05) is 27.0 Å². The van der Waals surface area contributed by atoms with Gasteiger partial charge in [-0.3, -0.25) is 9.13 Å². The zero-order valence-electron chi connectivity index (χ0n) is 35.7. The summed E-state index contributed by atoms with van der Waals surface area (Å²) >= 11 is 0. The van der Waals surface area contributed by atoms with Crippen molar-refractivity contribution in [3.63, 3.8) is 0 Å². The number of ether oxygens (including phenoxy) is 2. The summed E-state index contributed by atoms with van der Waals surface area (Å²) in [6.07, 6.45) is 0. The van der Waals surface area contributed by atoms with Crippen LogP contribution >= 0.6 is 0 Å². The zero-order chi connectivity index (χ0) is 43.3. The molecule has 0 N–H and O–H groups in total. The van der Waals surface area contributed by atoms with Gasteiger partial charge in [0.1, 0.15) is 34.6 Å². The van der Waals surface area contributed by atoms with Gasteiger partial charge in [-0.15, -0.1) is 0 Å². The summed E-state index contributed by atoms with van der Waals surface area (Å²) in [6.45, 7) is -0.187. The molecule has 0 spiro atoms. The molecule has 0 saturated heterocycles. The maximum atomic E-state index is 7.07. The number of hydrogen-bond donors (Lipinski definition) is 0. The summed E-state index contributed by atoms with van der Waals surface area (Å²) in [7, 11) is 0. The quantitative estimate of drug-likeness (QED) is 0.162. The van der Waals surface area contributed by atoms with E-state index in [1.165, 1.54) is 27.0 Å². The molecule has 0 aliphatic carbocycles. The van der Waals surface area contributed by atoms with E-state index >= 15 is 0 Å². The summed E-state index contributed by atoms with van der Waals surface area (Å²) in [6, 6.07) is 80.2. The molecule has 0 bridgehead atoms. The molecule has 0 fully saturated rings. The summed E-state index contributed by atoms with van der Waals surface area (Å²) in [5.74, 6) is 5.08. The highest BCUT2D eigenvalue weighted by molar-refractivity contribution is 7.00. The van der Waals surface area contributed by atoms with Gasteiger partial charge in [0.2, 0.25) is 0 Å². The lowest BCUT2D eigenvalue weighted by Gasteiger charge is -2.34. The molecule has 12 aromatic rings. The fourth-order valence-electron chi connectivity index (χ4n) is 11.0. The normalized spacial score (nSPS) is 12.7. The summed E-state index contributed by atoms with van der Waals surface area (Å²) < 4.78 is 18.5. The summed E-state index contributed by atoms with van der Waals surface area (Å²) in [5, 5.41) is 4.78. The lowest BCUT2D eigenvalue weighted by atomic mass is 9.32. The molecule has 2 aliphatic heterocycles. The van der Waals surface area contributed by atoms with E-state index in [0.717, 1.165) is 95.1 Å². The predicted molar refractivity (Wildman–Crippen MR) is 274 cm³/mol. The largest absolute Gasteiger partial charge is 0.459 e. The number of para-hydroxylation sites is 6. The second-order valence-electron chi connectivity index (χ2n) is 17.4. The van der Waals surface area contributed by atoms with Crippen molar-refractivity contribution in [1.29, 1.82) is 0 Å². The van der Waals surface area contributed by atoms with Crippen LogP contribution in [0, 0.1) is 0 Å². The predicted octanol–water partition coefficient (Wildman–Crippen LogP) is 10.2. The minimum atomic E-state index is -0.183. The number of benzene rings is 9. The molecule has 9 aromatic carbocycles. The molecule has 0 atom stereocenters. The second-order valence-corrected chi connectivity index (χ2v) is 17.4. The van der Waals surface area contributed by atoms with Gasteiger partial charge in [-0.05, 0) is 82.1 Å². The maximum absolute atomic E-state index is 7.07. The SMILES string of the molecule is c1ccc(B2c3ccccc3Oc3c2ccc2c3B(c3cccc(-c4cc(-n5c6ccccc6c6ccccc65)nc(-n5c6ccccc6c6ccccc65)c4)c3)c3ccccc3O2)cc1. The first-order chi connectivity index (χ1) is 32.7. The van der Waals surface area contributed by atoms with Gasteiger partial charge in [-0.1, -0.05) is 181 Å². The standard InChI is InChI=1S/C59H37B2N3O2/c1-2-18-40(19-3-1)60-46-25-8-15-32-54(46)66-59-48(60)33-34-55-58(59)61(47-26-9-14-31-53(47)65-55)41-20-16-17-38(35-41)39-36-56(63-49-27-10-4-21-42(49)43-22-5-11-28-50(43)63)62-57(37-39)64-51-29-12-6-23-44(51)45-24-7-13-30-52(45)64/h1-37H. The fourth-order valence-corrected chi connectivity index (χ4v) is 11.0. The number of hydrogen-bond acceptors (Lipinski definition) is 3. The third-order valence-electron chi connectivity index (χ3n) is 13.8. The van der Waals surface area contributed by atoms with E-state index < -0.39 is 0 Å². The van der Waals surface area contributed by atoms with Crippen molar-refractivity contribution in [2.45, 2.75) is 0 Å². The highest BCUT2D eigenvalue weighted by Gasteiger charge is 2.41. The van der Waals surface area contributed by atoms with E-state index in [1.807, 2.05) is 0 Å². The van der Waals surface area contributed by atoms with Crippen molar-refractivity contribution < 1.29 is 9.47 Å². The first-order valence-electron chi connectivity index (χ1n) is 22.6. The van der Waals surface area contributed by atoms with Crippen molar-refractivity contribution in [3.8, 4) is 45.8 Å². The Hall–Kier alpha value is -8.54. The van der Waals surface area contributed by atoms with E-state index in [2.05, 4.69) is 234 Å². The molecule has 3 aromatic heterocycles. The third-order valence-corrected chi connectivity index (χ3v) is 13.8. The van der Waals surface area contributed by atoms with Crippen LogP contribution in [-0.4, -0.2) is 27.5 Å². The van der Waals surface area contributed by atoms with E-state index in [0.29, 0.717) is 0 Å². The minimum absolute atomic E-state index is 0.00374. The van der Waals surface area contributed by atoms with Gasteiger partial charge >= 0.3 is 0 Å². The van der Waals surface area contributed by atoms with Crippen molar-refractivity contribution in [1.82, 2.24) is 14.1 Å². The van der Waals surface area contributed by atoms with Crippen LogP contribution < -0.4 is 42.3 Å². The molecular weight excluding hydrogens is 804 g/mol. The molecule has 66 heavy (non-hydrogen) atoms. The first kappa shape index (κ1) is 36.9. The number of pyridine rings is 1. The monoisotopic (exact) mass is 841 g/mol. The smallest absolute Gasteiger partial charge is 0.255 e. The van der Waals surface area contributed by atoms with Crippen LogP contribution in [0.5, 0.6) is 23.0 Å². The molecule has 5 nitrogen and oxygen atoms in total. The van der Waals surface area contributed by atoms with Crippen molar-refractivity contribution in [3.05, 3.63) is 224 Å². The number of nitrogens with zero attached hydrogens (tertiary/aromatic N) is 3. The summed E-state index contributed by atoms with van der Waals surface area (Å²) in [5.41, 5.74) is 13.4. The van der Waals surface area contributed by atoms with Crippen LogP contribution in [0.2, 0.25) is 0 Å². The maximum Gasteiger partial charge on any atom is 0.255 e. The fraction of sp³-hybridized carbons (Fsp3) is 0. The summed E-state index contributed by atoms with van der Waals surface area (Å²) in [4.78, 5) is 5.61. The molecule has 14 rings (SSSR count). The van der Waals surface area contributed by atoms with Crippen molar-refractivity contribution in [2.75, 3.05) is 0 Å². The first-order valence-corrected chi connectivity index (χ1v) is 22.6. The van der Waals surface area contributed by atoms with Crippen LogP contribution in [0.3, 0.4) is 0 Å². The Morgan fingerprint density at radius 1 is 0.333 bits per heavy atom. The Kier molecular flexibility index (Phi) is 8.10. The Bertz CT molecular complexity index is 3690. The topological polar surface area (TPSA) is 41.2 Å². The Morgan fingerprint density at radius 3 is 1.41 bits per heavy atom. The van der Waals surface area contributed by atoms with Gasteiger partial charge < -0.3 is 9.47 Å². The van der Waals surface area contributed by atoms with E-state index in [9.17, 15) is 0 Å². The molecule has 7 heteroatoms. The lowest BCUT2D eigenvalue weighted by Crippen LogP contribution is -2.60. The lowest BCUT2D eigenvalue weighted by molar-refractivity contribution is 0.469. The Labute approximate surface area is 381 Å². The van der Waals surface area contributed by atoms with Gasteiger partial charge in [-0.25, -0.2) is 4.98 Å². The van der Waals surface area contributed by atoms with Crippen LogP contribution in [0.15, 0.2) is 224 Å². The highest BCUT2D eigenvalue weighted by atomic mass is 16.5. The molecule has 5 heterocycles. The average molecular weight is 842 g/mol. The van der Waals surface area contributed by atoms with Gasteiger partial charge in [-0.2, -0.15) is 0 Å². The Morgan fingerprint density at radius 2 is 0.818 bits per heavy atom. The van der Waals surface area contributed by atoms with Crippen LogP contribution in [-0.2, 0) is 0 Å². The van der Waals surface area contributed by atoms with Crippen molar-refractivity contribution >= 4 is 89.8 Å². The molecular formula is C59H37B2N3O2. The molecule has 306 valence electrons. The molecule has 0 amide bonds. The molecule has 0 saturated carbocycles. The highest BCUT2D eigenvalue weighted by Crippen LogP contribution is 2.37. The third kappa shape index (κ3) is 5.53. The number of aromatic nitrogens is 3. The van der Waals surface area contributed by atoms with Gasteiger partial charge in [0.25, 0.3) is 13.4 Å². The average Bonchev–Trinajstić information content (AvgIpc) is 3.90. The second kappa shape index (κ2) is 14.5. The van der Waals surface area contributed by atoms with Gasteiger partial charge in [0.15, 0.2) is 0 Å². The van der Waals surface area contributed by atoms with Crippen LogP contribution in [0.1, 0.15) is 0 Å². The van der Waals surface area contributed by atoms with E-state index in [1.54, 1.807) is 0 Å².